The second kappa shape index (κ2) is 3.63. The molecule has 4 nitrogen and oxygen atoms in total. The van der Waals surface area contributed by atoms with E-state index < -0.39 is 0 Å². The van der Waals surface area contributed by atoms with Gasteiger partial charge in [0.25, 0.3) is 0 Å². The number of nitrogen functional groups attached to an aromatic ring is 1. The van der Waals surface area contributed by atoms with E-state index in [0.717, 1.165) is 21.3 Å². The fraction of sp³-hybridized carbons (Fsp3) is 0.0833. The Hall–Kier alpha value is -1.75. The molecule has 2 N–H and O–H groups in total. The van der Waals surface area contributed by atoms with Crippen LogP contribution in [0, 0.1) is 6.92 Å². The van der Waals surface area contributed by atoms with Crippen LogP contribution in [0.15, 0.2) is 37.8 Å². The summed E-state index contributed by atoms with van der Waals surface area (Å²) >= 11 is 3.38. The summed E-state index contributed by atoms with van der Waals surface area (Å²) in [5.41, 5.74) is 8.61. The average molecular weight is 293 g/mol. The van der Waals surface area contributed by atoms with Crippen molar-refractivity contribution in [2.24, 2.45) is 0 Å². The topological polar surface area (TPSA) is 65.2 Å². The van der Waals surface area contributed by atoms with Crippen LogP contribution in [0.1, 0.15) is 5.76 Å². The highest BCUT2D eigenvalue weighted by atomic mass is 79.9. The maximum absolute atomic E-state index is 5.87. The fourth-order valence-corrected chi connectivity index (χ4v) is 2.21. The molecule has 5 heteroatoms. The molecule has 0 aliphatic carbocycles. The predicted octanol–water partition coefficient (Wildman–Crippen LogP) is 3.74. The van der Waals surface area contributed by atoms with Crippen LogP contribution in [0.3, 0.4) is 0 Å². The summed E-state index contributed by atoms with van der Waals surface area (Å²) in [5.74, 6) is 1.30. The molecule has 0 saturated heterocycles. The molecule has 0 fully saturated rings. The smallest absolute Gasteiger partial charge is 0.230 e. The molecule has 0 aliphatic heterocycles. The molecular formula is C12H9BrN2O2. The summed E-state index contributed by atoms with van der Waals surface area (Å²) in [6.07, 6.45) is 1.61. The third-order valence-electron chi connectivity index (χ3n) is 2.57. The first-order valence-electron chi connectivity index (χ1n) is 5.05. The Balaban J connectivity index is 2.27. The minimum absolute atomic E-state index is 0.524. The van der Waals surface area contributed by atoms with Gasteiger partial charge in [0.2, 0.25) is 5.89 Å². The van der Waals surface area contributed by atoms with Gasteiger partial charge in [-0.25, -0.2) is 4.98 Å². The van der Waals surface area contributed by atoms with Crippen molar-refractivity contribution in [2.75, 3.05) is 5.73 Å². The zero-order chi connectivity index (χ0) is 12.0. The van der Waals surface area contributed by atoms with Crippen molar-refractivity contribution in [1.82, 2.24) is 4.98 Å². The van der Waals surface area contributed by atoms with Gasteiger partial charge in [-0.3, -0.25) is 0 Å². The highest BCUT2D eigenvalue weighted by molar-refractivity contribution is 9.10. The van der Waals surface area contributed by atoms with Crippen molar-refractivity contribution in [2.45, 2.75) is 6.92 Å². The van der Waals surface area contributed by atoms with Crippen molar-refractivity contribution >= 4 is 32.7 Å². The minimum Gasteiger partial charge on any atom is -0.469 e. The SMILES string of the molecule is Cc1occc1-c1nc2cc(Br)cc(N)c2o1. The van der Waals surface area contributed by atoms with E-state index in [1.165, 1.54) is 0 Å². The van der Waals surface area contributed by atoms with Gasteiger partial charge in [-0.15, -0.1) is 0 Å². The molecule has 0 aliphatic rings. The lowest BCUT2D eigenvalue weighted by Gasteiger charge is -1.94. The van der Waals surface area contributed by atoms with Gasteiger partial charge in [-0.1, -0.05) is 15.9 Å². The molecule has 17 heavy (non-hydrogen) atoms. The van der Waals surface area contributed by atoms with Crippen LogP contribution in [0.5, 0.6) is 0 Å². The lowest BCUT2D eigenvalue weighted by Crippen LogP contribution is -1.84. The molecule has 1 aromatic carbocycles. The van der Waals surface area contributed by atoms with Gasteiger partial charge in [0.15, 0.2) is 5.58 Å². The van der Waals surface area contributed by atoms with Crippen LogP contribution in [-0.2, 0) is 0 Å². The van der Waals surface area contributed by atoms with Gasteiger partial charge in [0, 0.05) is 4.47 Å². The van der Waals surface area contributed by atoms with E-state index >= 15 is 0 Å². The molecule has 2 aromatic heterocycles. The Morgan fingerprint density at radius 3 is 2.88 bits per heavy atom. The Bertz CT molecular complexity index is 700. The van der Waals surface area contributed by atoms with Crippen LogP contribution in [0.25, 0.3) is 22.6 Å². The van der Waals surface area contributed by atoms with E-state index in [4.69, 9.17) is 14.6 Å². The minimum atomic E-state index is 0.524. The van der Waals surface area contributed by atoms with Gasteiger partial charge in [-0.05, 0) is 25.1 Å². The summed E-state index contributed by atoms with van der Waals surface area (Å²) in [7, 11) is 0. The third kappa shape index (κ3) is 1.63. The molecule has 3 rings (SSSR count). The molecule has 0 bridgehead atoms. The van der Waals surface area contributed by atoms with Crippen molar-refractivity contribution in [3.63, 3.8) is 0 Å². The Morgan fingerprint density at radius 2 is 2.18 bits per heavy atom. The van der Waals surface area contributed by atoms with Crippen molar-refractivity contribution in [3.8, 4) is 11.5 Å². The summed E-state index contributed by atoms with van der Waals surface area (Å²) in [6, 6.07) is 5.49. The molecule has 0 saturated carbocycles. The second-order valence-electron chi connectivity index (χ2n) is 3.75. The number of hydrogen-bond acceptors (Lipinski definition) is 4. The number of hydrogen-bond donors (Lipinski definition) is 1. The summed E-state index contributed by atoms with van der Waals surface area (Å²) in [6.45, 7) is 1.86. The number of benzene rings is 1. The molecule has 0 amide bonds. The molecule has 0 radical (unpaired) electrons. The number of nitrogens with two attached hydrogens (primary N) is 1. The summed E-state index contributed by atoms with van der Waals surface area (Å²) < 4.78 is 11.8. The molecule has 0 unspecified atom stereocenters. The molecule has 2 heterocycles. The monoisotopic (exact) mass is 292 g/mol. The van der Waals surface area contributed by atoms with Gasteiger partial charge >= 0.3 is 0 Å². The van der Waals surface area contributed by atoms with Crippen molar-refractivity contribution in [1.29, 1.82) is 0 Å². The molecule has 86 valence electrons. The highest BCUT2D eigenvalue weighted by Gasteiger charge is 2.14. The fourth-order valence-electron chi connectivity index (χ4n) is 1.75. The van der Waals surface area contributed by atoms with Gasteiger partial charge in [-0.2, -0.15) is 0 Å². The van der Waals surface area contributed by atoms with E-state index in [0.29, 0.717) is 17.2 Å². The summed E-state index contributed by atoms with van der Waals surface area (Å²) in [5, 5.41) is 0. The largest absolute Gasteiger partial charge is 0.469 e. The lowest BCUT2D eigenvalue weighted by atomic mass is 10.2. The lowest BCUT2D eigenvalue weighted by molar-refractivity contribution is 0.532. The maximum atomic E-state index is 5.87. The number of rotatable bonds is 1. The maximum Gasteiger partial charge on any atom is 0.230 e. The molecule has 0 atom stereocenters. The normalized spacial score (nSPS) is 11.2. The van der Waals surface area contributed by atoms with E-state index in [9.17, 15) is 0 Å². The predicted molar refractivity (Wildman–Crippen MR) is 68.6 cm³/mol. The first-order chi connectivity index (χ1) is 8.15. The van der Waals surface area contributed by atoms with E-state index in [1.807, 2.05) is 19.1 Å². The third-order valence-corrected chi connectivity index (χ3v) is 3.03. The van der Waals surface area contributed by atoms with Crippen molar-refractivity contribution in [3.05, 3.63) is 34.7 Å². The van der Waals surface area contributed by atoms with E-state index in [-0.39, 0.29) is 0 Å². The van der Waals surface area contributed by atoms with Gasteiger partial charge in [0.1, 0.15) is 11.3 Å². The number of aryl methyl sites for hydroxylation is 1. The second-order valence-corrected chi connectivity index (χ2v) is 4.67. The number of halogens is 1. The number of furan rings is 1. The van der Waals surface area contributed by atoms with Gasteiger partial charge < -0.3 is 14.6 Å². The van der Waals surface area contributed by atoms with E-state index in [1.54, 1.807) is 12.3 Å². The Kier molecular flexibility index (Phi) is 2.22. The molecular weight excluding hydrogens is 284 g/mol. The Labute approximate surface area is 106 Å². The average Bonchev–Trinajstić information content (AvgIpc) is 2.83. The zero-order valence-corrected chi connectivity index (χ0v) is 10.6. The van der Waals surface area contributed by atoms with Crippen molar-refractivity contribution < 1.29 is 8.83 Å². The number of oxazole rings is 1. The standard InChI is InChI=1S/C12H9BrN2O2/c1-6-8(2-3-16-6)12-15-10-5-7(13)4-9(14)11(10)17-12/h2-5H,14H2,1H3. The number of nitrogens with zero attached hydrogens (tertiary/aromatic N) is 1. The number of fused-ring (bicyclic) bond motifs is 1. The number of anilines is 1. The quantitative estimate of drug-likeness (QED) is 0.694. The number of aromatic nitrogens is 1. The summed E-state index contributed by atoms with van der Waals surface area (Å²) in [4.78, 5) is 4.40. The molecule has 0 spiro atoms. The first-order valence-corrected chi connectivity index (χ1v) is 5.84. The first kappa shape index (κ1) is 10.4. The van der Waals surface area contributed by atoms with Crippen LogP contribution >= 0.6 is 15.9 Å². The van der Waals surface area contributed by atoms with E-state index in [2.05, 4.69) is 20.9 Å². The van der Waals surface area contributed by atoms with Gasteiger partial charge in [0.05, 0.1) is 17.5 Å². The Morgan fingerprint density at radius 1 is 1.35 bits per heavy atom. The highest BCUT2D eigenvalue weighted by Crippen LogP contribution is 2.32. The van der Waals surface area contributed by atoms with Crippen LogP contribution in [0.2, 0.25) is 0 Å². The zero-order valence-electron chi connectivity index (χ0n) is 9.03. The van der Waals surface area contributed by atoms with Crippen LogP contribution in [0.4, 0.5) is 5.69 Å². The van der Waals surface area contributed by atoms with Crippen LogP contribution < -0.4 is 5.73 Å². The molecule has 3 aromatic rings. The van der Waals surface area contributed by atoms with Crippen LogP contribution in [-0.4, -0.2) is 4.98 Å².